The standard InChI is InChI=1S/C14H20N2O/c1-5-6-9-16-12(14(2,3)4)8-7-11(10-15)13(16)17/h7-8H,5-6,9H2,1-4H3. The summed E-state index contributed by atoms with van der Waals surface area (Å²) in [6.45, 7) is 9.02. The second kappa shape index (κ2) is 5.18. The molecular weight excluding hydrogens is 212 g/mol. The molecule has 0 aromatic carbocycles. The summed E-state index contributed by atoms with van der Waals surface area (Å²) in [5.41, 5.74) is 0.985. The monoisotopic (exact) mass is 232 g/mol. The average Bonchev–Trinajstić information content (AvgIpc) is 2.25. The molecule has 0 saturated carbocycles. The smallest absolute Gasteiger partial charge is 0.268 e. The zero-order chi connectivity index (χ0) is 13.1. The molecule has 1 rings (SSSR count). The van der Waals surface area contributed by atoms with Crippen molar-refractivity contribution in [2.75, 3.05) is 0 Å². The van der Waals surface area contributed by atoms with E-state index in [-0.39, 0.29) is 16.5 Å². The Morgan fingerprint density at radius 2 is 2.00 bits per heavy atom. The highest BCUT2D eigenvalue weighted by molar-refractivity contribution is 5.29. The minimum Gasteiger partial charge on any atom is -0.311 e. The maximum Gasteiger partial charge on any atom is 0.268 e. The molecule has 1 heterocycles. The van der Waals surface area contributed by atoms with Gasteiger partial charge in [-0.2, -0.15) is 5.26 Å². The summed E-state index contributed by atoms with van der Waals surface area (Å²) in [5.74, 6) is 0. The summed E-state index contributed by atoms with van der Waals surface area (Å²) < 4.78 is 1.75. The molecule has 92 valence electrons. The van der Waals surface area contributed by atoms with Crippen LogP contribution >= 0.6 is 0 Å². The van der Waals surface area contributed by atoms with Crippen LogP contribution in [0.4, 0.5) is 0 Å². The van der Waals surface area contributed by atoms with E-state index < -0.39 is 0 Å². The van der Waals surface area contributed by atoms with Crippen LogP contribution in [0.5, 0.6) is 0 Å². The van der Waals surface area contributed by atoms with E-state index in [0.29, 0.717) is 6.54 Å². The highest BCUT2D eigenvalue weighted by Gasteiger charge is 2.19. The van der Waals surface area contributed by atoms with Crippen molar-refractivity contribution in [2.45, 2.75) is 52.5 Å². The number of nitrogens with zero attached hydrogens (tertiary/aromatic N) is 2. The van der Waals surface area contributed by atoms with Crippen molar-refractivity contribution in [2.24, 2.45) is 0 Å². The van der Waals surface area contributed by atoms with Crippen LogP contribution in [-0.2, 0) is 12.0 Å². The molecule has 0 aliphatic heterocycles. The predicted molar refractivity (Wildman–Crippen MR) is 69.0 cm³/mol. The lowest BCUT2D eigenvalue weighted by Gasteiger charge is -2.24. The van der Waals surface area contributed by atoms with Gasteiger partial charge in [-0.15, -0.1) is 0 Å². The van der Waals surface area contributed by atoms with E-state index in [0.717, 1.165) is 18.5 Å². The lowest BCUT2D eigenvalue weighted by atomic mass is 9.90. The molecule has 0 unspecified atom stereocenters. The van der Waals surface area contributed by atoms with Crippen molar-refractivity contribution in [1.29, 1.82) is 5.26 Å². The van der Waals surface area contributed by atoms with Crippen LogP contribution in [0.25, 0.3) is 0 Å². The third-order valence-electron chi connectivity index (χ3n) is 2.80. The summed E-state index contributed by atoms with van der Waals surface area (Å²) in [7, 11) is 0. The van der Waals surface area contributed by atoms with Gasteiger partial charge in [-0.1, -0.05) is 34.1 Å². The van der Waals surface area contributed by atoms with Crippen molar-refractivity contribution in [1.82, 2.24) is 4.57 Å². The SMILES string of the molecule is CCCCn1c(C(C)(C)C)ccc(C#N)c1=O. The third kappa shape index (κ3) is 2.97. The molecular formula is C14H20N2O. The molecule has 1 aromatic heterocycles. The third-order valence-corrected chi connectivity index (χ3v) is 2.80. The van der Waals surface area contributed by atoms with Crippen molar-refractivity contribution in [3.05, 3.63) is 33.7 Å². The first-order chi connectivity index (χ1) is 7.91. The number of hydrogen-bond acceptors (Lipinski definition) is 2. The summed E-state index contributed by atoms with van der Waals surface area (Å²) in [6.07, 6.45) is 1.99. The molecule has 0 bridgehead atoms. The van der Waals surface area contributed by atoms with E-state index in [1.54, 1.807) is 10.6 Å². The Balaban J connectivity index is 3.38. The lowest BCUT2D eigenvalue weighted by molar-refractivity contribution is 0.489. The molecule has 0 aliphatic rings. The Bertz CT molecular complexity index is 486. The van der Waals surface area contributed by atoms with Crippen molar-refractivity contribution in [3.8, 4) is 6.07 Å². The van der Waals surface area contributed by atoms with Crippen LogP contribution in [0.15, 0.2) is 16.9 Å². The van der Waals surface area contributed by atoms with Gasteiger partial charge in [0.25, 0.3) is 5.56 Å². The van der Waals surface area contributed by atoms with E-state index in [4.69, 9.17) is 5.26 Å². The van der Waals surface area contributed by atoms with Gasteiger partial charge < -0.3 is 4.57 Å². The largest absolute Gasteiger partial charge is 0.311 e. The molecule has 0 fully saturated rings. The van der Waals surface area contributed by atoms with Crippen molar-refractivity contribution in [3.63, 3.8) is 0 Å². The van der Waals surface area contributed by atoms with Crippen LogP contribution in [0, 0.1) is 11.3 Å². The minimum absolute atomic E-state index is 0.0825. The first kappa shape index (κ1) is 13.5. The van der Waals surface area contributed by atoms with Gasteiger partial charge >= 0.3 is 0 Å². The number of rotatable bonds is 3. The van der Waals surface area contributed by atoms with E-state index in [2.05, 4.69) is 27.7 Å². The molecule has 3 heteroatoms. The summed E-state index contributed by atoms with van der Waals surface area (Å²) >= 11 is 0. The van der Waals surface area contributed by atoms with Gasteiger partial charge in [0.1, 0.15) is 11.6 Å². The predicted octanol–water partition coefficient (Wildman–Crippen LogP) is 2.82. The van der Waals surface area contributed by atoms with Gasteiger partial charge in [-0.3, -0.25) is 4.79 Å². The molecule has 0 radical (unpaired) electrons. The highest BCUT2D eigenvalue weighted by Crippen LogP contribution is 2.21. The maximum absolute atomic E-state index is 12.1. The van der Waals surface area contributed by atoms with E-state index in [9.17, 15) is 4.79 Å². The second-order valence-corrected chi connectivity index (χ2v) is 5.30. The first-order valence-electron chi connectivity index (χ1n) is 6.06. The molecule has 0 N–H and O–H groups in total. The second-order valence-electron chi connectivity index (χ2n) is 5.30. The number of unbranched alkanes of at least 4 members (excludes halogenated alkanes) is 1. The fourth-order valence-electron chi connectivity index (χ4n) is 1.86. The molecule has 0 amide bonds. The van der Waals surface area contributed by atoms with Crippen LogP contribution in [-0.4, -0.2) is 4.57 Å². The van der Waals surface area contributed by atoms with Gasteiger partial charge in [0, 0.05) is 17.7 Å². The van der Waals surface area contributed by atoms with Gasteiger partial charge in [-0.25, -0.2) is 0 Å². The fraction of sp³-hybridized carbons (Fsp3) is 0.571. The highest BCUT2D eigenvalue weighted by atomic mass is 16.1. The maximum atomic E-state index is 12.1. The summed E-state index contributed by atoms with van der Waals surface area (Å²) in [6, 6.07) is 5.49. The molecule has 1 aromatic rings. The Kier molecular flexibility index (Phi) is 4.11. The number of pyridine rings is 1. The summed E-state index contributed by atoms with van der Waals surface area (Å²) in [5, 5.41) is 8.90. The van der Waals surface area contributed by atoms with Crippen molar-refractivity contribution < 1.29 is 0 Å². The van der Waals surface area contributed by atoms with Gasteiger partial charge in [-0.05, 0) is 18.6 Å². The molecule has 3 nitrogen and oxygen atoms in total. The Hall–Kier alpha value is -1.56. The van der Waals surface area contributed by atoms with Gasteiger partial charge in [0.05, 0.1) is 0 Å². The number of aromatic nitrogens is 1. The van der Waals surface area contributed by atoms with Crippen LogP contribution in [0.1, 0.15) is 51.8 Å². The van der Waals surface area contributed by atoms with Gasteiger partial charge in [0.15, 0.2) is 0 Å². The van der Waals surface area contributed by atoms with Crippen LogP contribution in [0.2, 0.25) is 0 Å². The normalized spacial score (nSPS) is 11.2. The Labute approximate surface area is 103 Å². The molecule has 0 aliphatic carbocycles. The van der Waals surface area contributed by atoms with Crippen molar-refractivity contribution >= 4 is 0 Å². The van der Waals surface area contributed by atoms with Crippen LogP contribution < -0.4 is 5.56 Å². The first-order valence-corrected chi connectivity index (χ1v) is 6.06. The zero-order valence-electron chi connectivity index (χ0n) is 11.1. The van der Waals surface area contributed by atoms with E-state index in [1.807, 2.05) is 12.1 Å². The Morgan fingerprint density at radius 3 is 2.47 bits per heavy atom. The van der Waals surface area contributed by atoms with E-state index in [1.165, 1.54) is 0 Å². The lowest BCUT2D eigenvalue weighted by Crippen LogP contribution is -2.31. The topological polar surface area (TPSA) is 45.8 Å². The molecule has 17 heavy (non-hydrogen) atoms. The van der Waals surface area contributed by atoms with Gasteiger partial charge in [0.2, 0.25) is 0 Å². The number of hydrogen-bond donors (Lipinski definition) is 0. The fourth-order valence-corrected chi connectivity index (χ4v) is 1.86. The zero-order valence-corrected chi connectivity index (χ0v) is 11.1. The number of nitriles is 1. The molecule has 0 atom stereocenters. The van der Waals surface area contributed by atoms with E-state index >= 15 is 0 Å². The Morgan fingerprint density at radius 1 is 1.35 bits per heavy atom. The molecule has 0 spiro atoms. The van der Waals surface area contributed by atoms with Crippen LogP contribution in [0.3, 0.4) is 0 Å². The minimum atomic E-state index is -0.159. The quantitative estimate of drug-likeness (QED) is 0.804. The average molecular weight is 232 g/mol. The summed E-state index contributed by atoms with van der Waals surface area (Å²) in [4.78, 5) is 12.1. The molecule has 0 saturated heterocycles.